The van der Waals surface area contributed by atoms with Crippen molar-refractivity contribution < 1.29 is 9.47 Å². The van der Waals surface area contributed by atoms with Gasteiger partial charge in [0.25, 0.3) is 0 Å². The van der Waals surface area contributed by atoms with Gasteiger partial charge in [0.15, 0.2) is 0 Å². The second-order valence-electron chi connectivity index (χ2n) is 8.17. The fraction of sp³-hybridized carbons (Fsp3) is 1.00. The monoisotopic (exact) mass is 386 g/mol. The van der Waals surface area contributed by atoms with Gasteiger partial charge in [-0.05, 0) is 65.3 Å². The summed E-state index contributed by atoms with van der Waals surface area (Å²) in [7, 11) is 7.89. The van der Waals surface area contributed by atoms with Crippen LogP contribution in [-0.2, 0) is 9.47 Å². The molecule has 3 heterocycles. The molecule has 6 nitrogen and oxygen atoms in total. The normalized spacial score (nSPS) is 25.1. The van der Waals surface area contributed by atoms with Crippen LogP contribution in [0.5, 0.6) is 0 Å². The molecule has 6 heteroatoms. The fourth-order valence-corrected chi connectivity index (χ4v) is 3.82. The minimum absolute atomic E-state index is 0.781. The van der Waals surface area contributed by atoms with Crippen LogP contribution in [0.4, 0.5) is 0 Å². The van der Waals surface area contributed by atoms with Gasteiger partial charge in [-0.3, -0.25) is 0 Å². The maximum absolute atomic E-state index is 5.10. The van der Waals surface area contributed by atoms with E-state index in [9.17, 15) is 0 Å². The lowest BCUT2D eigenvalue weighted by Crippen LogP contribution is -2.40. The largest absolute Gasteiger partial charge is 0.384 e. The molecule has 1 unspecified atom stereocenters. The van der Waals surface area contributed by atoms with Crippen LogP contribution < -0.4 is 5.32 Å². The standard InChI is InChI=1S/2C8H17NO.C5H12N2/c1-9-5-3-4-8(6-9)7-10-2;1-10-8-7-9-5-3-2-4-6-9;1-7-4-2-6-3-5-7/h8H,3-7H2,1-2H3;2-8H2,1H3;6H,2-5H2,1H3. The summed E-state index contributed by atoms with van der Waals surface area (Å²) in [5, 5.41) is 3.27. The molecule has 3 aliphatic rings. The number of nitrogens with one attached hydrogen (secondary N) is 1. The van der Waals surface area contributed by atoms with Crippen LogP contribution in [0.3, 0.4) is 0 Å². The van der Waals surface area contributed by atoms with E-state index in [1.165, 1.54) is 71.4 Å². The molecule has 0 radical (unpaired) electrons. The molecule has 1 atom stereocenters. The van der Waals surface area contributed by atoms with E-state index in [1.54, 1.807) is 14.2 Å². The summed E-state index contributed by atoms with van der Waals surface area (Å²) >= 11 is 0. The number of ether oxygens (including phenoxy) is 2. The van der Waals surface area contributed by atoms with E-state index in [0.29, 0.717) is 0 Å². The molecule has 0 saturated carbocycles. The van der Waals surface area contributed by atoms with E-state index in [-0.39, 0.29) is 0 Å². The first-order valence-corrected chi connectivity index (χ1v) is 10.9. The highest BCUT2D eigenvalue weighted by molar-refractivity contribution is 4.69. The topological polar surface area (TPSA) is 40.2 Å². The lowest BCUT2D eigenvalue weighted by atomic mass is 10.00. The Morgan fingerprint density at radius 2 is 1.52 bits per heavy atom. The Hall–Kier alpha value is -0.240. The number of likely N-dealkylation sites (N-methyl/N-ethyl adjacent to an activating group) is 1. The van der Waals surface area contributed by atoms with Crippen molar-refractivity contribution in [3.8, 4) is 0 Å². The number of piperazine rings is 1. The Kier molecular flexibility index (Phi) is 15.3. The molecule has 0 aromatic heterocycles. The molecule has 162 valence electrons. The first kappa shape index (κ1) is 24.8. The third kappa shape index (κ3) is 13.6. The minimum atomic E-state index is 0.781. The second kappa shape index (κ2) is 16.7. The Labute approximate surface area is 168 Å². The van der Waals surface area contributed by atoms with E-state index in [4.69, 9.17) is 9.47 Å². The van der Waals surface area contributed by atoms with Crippen LogP contribution in [0, 0.1) is 5.92 Å². The molecular formula is C21H46N4O2. The molecule has 0 spiro atoms. The van der Waals surface area contributed by atoms with Crippen molar-refractivity contribution in [3.63, 3.8) is 0 Å². The third-order valence-electron chi connectivity index (χ3n) is 5.53. The summed E-state index contributed by atoms with van der Waals surface area (Å²) in [5.41, 5.74) is 0. The number of likely N-dealkylation sites (tertiary alicyclic amines) is 2. The van der Waals surface area contributed by atoms with Gasteiger partial charge < -0.3 is 29.5 Å². The smallest absolute Gasteiger partial charge is 0.0589 e. The first-order valence-electron chi connectivity index (χ1n) is 10.9. The highest BCUT2D eigenvalue weighted by atomic mass is 16.5. The Bertz CT molecular complexity index is 319. The van der Waals surface area contributed by atoms with Crippen molar-refractivity contribution in [1.29, 1.82) is 0 Å². The highest BCUT2D eigenvalue weighted by Crippen LogP contribution is 2.14. The lowest BCUT2D eigenvalue weighted by Gasteiger charge is -2.28. The number of hydrogen-bond acceptors (Lipinski definition) is 6. The van der Waals surface area contributed by atoms with Gasteiger partial charge in [-0.1, -0.05) is 6.42 Å². The van der Waals surface area contributed by atoms with Crippen LogP contribution >= 0.6 is 0 Å². The summed E-state index contributed by atoms with van der Waals surface area (Å²) in [4.78, 5) is 7.19. The average Bonchev–Trinajstić information content (AvgIpc) is 2.69. The van der Waals surface area contributed by atoms with Crippen molar-refractivity contribution in [3.05, 3.63) is 0 Å². The summed E-state index contributed by atoms with van der Waals surface area (Å²) in [6.07, 6.45) is 6.86. The van der Waals surface area contributed by atoms with Crippen molar-refractivity contribution >= 4 is 0 Å². The van der Waals surface area contributed by atoms with Crippen LogP contribution in [0.25, 0.3) is 0 Å². The molecule has 0 aromatic carbocycles. The molecule has 3 aliphatic heterocycles. The molecule has 0 amide bonds. The van der Waals surface area contributed by atoms with Crippen LogP contribution in [0.15, 0.2) is 0 Å². The van der Waals surface area contributed by atoms with Crippen LogP contribution in [-0.4, -0.2) is 115 Å². The molecular weight excluding hydrogens is 340 g/mol. The minimum Gasteiger partial charge on any atom is -0.384 e. The number of rotatable bonds is 5. The SMILES string of the molecule is CN1CCNCC1.COCC1CCCN(C)C1.COCCN1CCCCC1. The van der Waals surface area contributed by atoms with Crippen molar-refractivity contribution in [2.24, 2.45) is 5.92 Å². The Morgan fingerprint density at radius 3 is 2.04 bits per heavy atom. The summed E-state index contributed by atoms with van der Waals surface area (Å²) in [5.74, 6) is 0.781. The van der Waals surface area contributed by atoms with Gasteiger partial charge in [0.1, 0.15) is 0 Å². The van der Waals surface area contributed by atoms with Gasteiger partial charge in [0.2, 0.25) is 0 Å². The maximum Gasteiger partial charge on any atom is 0.0589 e. The van der Waals surface area contributed by atoms with Gasteiger partial charge in [0, 0.05) is 53.5 Å². The lowest BCUT2D eigenvalue weighted by molar-refractivity contribution is 0.102. The van der Waals surface area contributed by atoms with Gasteiger partial charge >= 0.3 is 0 Å². The summed E-state index contributed by atoms with van der Waals surface area (Å²) < 4.78 is 10.1. The molecule has 0 aromatic rings. The van der Waals surface area contributed by atoms with E-state index >= 15 is 0 Å². The van der Waals surface area contributed by atoms with Crippen molar-refractivity contribution in [2.75, 3.05) is 100 Å². The molecule has 0 bridgehead atoms. The van der Waals surface area contributed by atoms with Crippen molar-refractivity contribution in [1.82, 2.24) is 20.0 Å². The van der Waals surface area contributed by atoms with Gasteiger partial charge in [0.05, 0.1) is 13.2 Å². The van der Waals surface area contributed by atoms with Gasteiger partial charge in [-0.25, -0.2) is 0 Å². The number of piperidine rings is 2. The molecule has 1 N–H and O–H groups in total. The third-order valence-corrected chi connectivity index (χ3v) is 5.53. The van der Waals surface area contributed by atoms with E-state index < -0.39 is 0 Å². The van der Waals surface area contributed by atoms with Gasteiger partial charge in [-0.2, -0.15) is 0 Å². The van der Waals surface area contributed by atoms with Crippen LogP contribution in [0.2, 0.25) is 0 Å². The van der Waals surface area contributed by atoms with Gasteiger partial charge in [-0.15, -0.1) is 0 Å². The summed E-state index contributed by atoms with van der Waals surface area (Å²) in [6.45, 7) is 12.7. The molecule has 0 aliphatic carbocycles. The zero-order valence-electron chi connectivity index (χ0n) is 18.5. The van der Waals surface area contributed by atoms with Crippen LogP contribution in [0.1, 0.15) is 32.1 Å². The maximum atomic E-state index is 5.10. The molecule has 3 fully saturated rings. The van der Waals surface area contributed by atoms with Crippen molar-refractivity contribution in [2.45, 2.75) is 32.1 Å². The fourth-order valence-electron chi connectivity index (χ4n) is 3.82. The summed E-state index contributed by atoms with van der Waals surface area (Å²) in [6, 6.07) is 0. The quantitative estimate of drug-likeness (QED) is 0.774. The number of hydrogen-bond donors (Lipinski definition) is 1. The first-order chi connectivity index (χ1) is 13.2. The van der Waals surface area contributed by atoms with E-state index in [1.807, 2.05) is 0 Å². The Morgan fingerprint density at radius 1 is 0.815 bits per heavy atom. The zero-order chi connectivity index (χ0) is 19.7. The zero-order valence-corrected chi connectivity index (χ0v) is 18.5. The number of methoxy groups -OCH3 is 2. The predicted molar refractivity (Wildman–Crippen MR) is 115 cm³/mol. The Balaban J connectivity index is 0.000000206. The average molecular weight is 387 g/mol. The molecule has 3 rings (SSSR count). The number of nitrogens with zero attached hydrogens (tertiary/aromatic N) is 3. The molecule has 27 heavy (non-hydrogen) atoms. The van der Waals surface area contributed by atoms with E-state index in [2.05, 4.69) is 34.1 Å². The molecule has 3 saturated heterocycles. The van der Waals surface area contributed by atoms with E-state index in [0.717, 1.165) is 38.8 Å². The second-order valence-corrected chi connectivity index (χ2v) is 8.17. The predicted octanol–water partition coefficient (Wildman–Crippen LogP) is 1.61. The highest BCUT2D eigenvalue weighted by Gasteiger charge is 2.16.